The number of hydrogen-bond acceptors (Lipinski definition) is 1. The summed E-state index contributed by atoms with van der Waals surface area (Å²) in [5.41, 5.74) is 11.1. The largest absolute Gasteiger partial charge is 1.00 e. The highest BCUT2D eigenvalue weighted by Crippen LogP contribution is 2.56. The average molecular weight is 672 g/mol. The fourth-order valence-corrected chi connectivity index (χ4v) is 11.5. The smallest absolute Gasteiger partial charge is 0.144 e. The number of halogens is 1. The lowest BCUT2D eigenvalue weighted by Crippen LogP contribution is -3.00. The molecule has 3 heteroatoms. The summed E-state index contributed by atoms with van der Waals surface area (Å²) in [6.07, 6.45) is 0. The molecule has 0 radical (unpaired) electrons. The first-order valence-corrected chi connectivity index (χ1v) is 17.1. The molecule has 0 bridgehead atoms. The van der Waals surface area contributed by atoms with Crippen LogP contribution in [0, 0.1) is 41.5 Å². The zero-order valence-electron chi connectivity index (χ0n) is 26.9. The van der Waals surface area contributed by atoms with Gasteiger partial charge in [0.25, 0.3) is 0 Å². The Hall–Kier alpha value is -3.97. The molecule has 0 heterocycles. The molecular formula is C42H40BrOP. The molecule has 0 saturated carbocycles. The van der Waals surface area contributed by atoms with Gasteiger partial charge in [0, 0.05) is 11.1 Å². The Morgan fingerprint density at radius 1 is 0.400 bits per heavy atom. The maximum Gasteiger partial charge on any atom is 0.144 e. The predicted molar refractivity (Wildman–Crippen MR) is 192 cm³/mol. The van der Waals surface area contributed by atoms with Crippen molar-refractivity contribution in [3.8, 4) is 28.0 Å². The predicted octanol–water partition coefficient (Wildman–Crippen LogP) is 6.20. The summed E-state index contributed by atoms with van der Waals surface area (Å²) in [5, 5.41) is 17.4. The molecule has 0 aliphatic heterocycles. The first-order valence-electron chi connectivity index (χ1n) is 15.3. The van der Waals surface area contributed by atoms with E-state index in [0.717, 1.165) is 22.3 Å². The first kappa shape index (κ1) is 32.4. The Bertz CT molecular complexity index is 1740. The van der Waals surface area contributed by atoms with Crippen LogP contribution in [0.15, 0.2) is 127 Å². The lowest BCUT2D eigenvalue weighted by atomic mass is 9.88. The molecule has 6 aromatic rings. The van der Waals surface area contributed by atoms with Gasteiger partial charge in [-0.1, -0.05) is 90.0 Å². The van der Waals surface area contributed by atoms with Crippen molar-refractivity contribution < 1.29 is 22.1 Å². The van der Waals surface area contributed by atoms with Crippen LogP contribution in [0.25, 0.3) is 22.3 Å². The Kier molecular flexibility index (Phi) is 9.49. The quantitative estimate of drug-likeness (QED) is 0.209. The van der Waals surface area contributed by atoms with Crippen molar-refractivity contribution in [2.24, 2.45) is 0 Å². The molecule has 0 fully saturated rings. The fourth-order valence-electron chi connectivity index (χ4n) is 7.25. The summed E-state index contributed by atoms with van der Waals surface area (Å²) >= 11 is 0. The van der Waals surface area contributed by atoms with Crippen molar-refractivity contribution in [3.05, 3.63) is 161 Å². The molecule has 0 aromatic heterocycles. The molecule has 1 N–H and O–H groups in total. The number of hydrogen-bond donors (Lipinski definition) is 1. The van der Waals surface area contributed by atoms with Crippen molar-refractivity contribution in [1.29, 1.82) is 0 Å². The van der Waals surface area contributed by atoms with Crippen LogP contribution >= 0.6 is 7.26 Å². The second kappa shape index (κ2) is 13.2. The Balaban J connectivity index is 0.00000400. The van der Waals surface area contributed by atoms with Gasteiger partial charge >= 0.3 is 0 Å². The number of aryl methyl sites for hydroxylation is 6. The molecule has 0 amide bonds. The summed E-state index contributed by atoms with van der Waals surface area (Å²) in [4.78, 5) is 0. The van der Waals surface area contributed by atoms with Gasteiger partial charge in [-0.25, -0.2) is 0 Å². The molecule has 0 aliphatic carbocycles. The van der Waals surface area contributed by atoms with Crippen LogP contribution in [0.4, 0.5) is 0 Å². The van der Waals surface area contributed by atoms with Crippen LogP contribution in [-0.2, 0) is 0 Å². The minimum Gasteiger partial charge on any atom is -1.00 e. The minimum absolute atomic E-state index is 0. The molecule has 0 aliphatic rings. The average Bonchev–Trinajstić information content (AvgIpc) is 3.00. The molecule has 6 rings (SSSR count). The molecule has 0 atom stereocenters. The summed E-state index contributed by atoms with van der Waals surface area (Å²) in [5.74, 6) is 0.339. The highest BCUT2D eigenvalue weighted by atomic mass is 79.9. The second-order valence-electron chi connectivity index (χ2n) is 12.1. The Morgan fingerprint density at radius 3 is 0.978 bits per heavy atom. The minimum atomic E-state index is -2.41. The van der Waals surface area contributed by atoms with E-state index in [0.29, 0.717) is 5.75 Å². The van der Waals surface area contributed by atoms with Crippen molar-refractivity contribution in [3.63, 3.8) is 0 Å². The van der Waals surface area contributed by atoms with Crippen molar-refractivity contribution in [1.82, 2.24) is 0 Å². The third-order valence-corrected chi connectivity index (χ3v) is 13.1. The zero-order valence-corrected chi connectivity index (χ0v) is 29.4. The normalized spacial score (nSPS) is 11.2. The van der Waals surface area contributed by atoms with E-state index in [1.807, 2.05) is 0 Å². The maximum absolute atomic E-state index is 12.3. The van der Waals surface area contributed by atoms with Crippen molar-refractivity contribution in [2.45, 2.75) is 41.5 Å². The van der Waals surface area contributed by atoms with Gasteiger partial charge in [0.1, 0.15) is 34.2 Å². The number of aromatic hydroxyl groups is 1. The third-order valence-electron chi connectivity index (χ3n) is 8.81. The van der Waals surface area contributed by atoms with Crippen molar-refractivity contribution >= 4 is 28.5 Å². The summed E-state index contributed by atoms with van der Waals surface area (Å²) in [7, 11) is -2.41. The van der Waals surface area contributed by atoms with Crippen LogP contribution in [0.5, 0.6) is 5.75 Å². The molecule has 0 saturated heterocycles. The van der Waals surface area contributed by atoms with Crippen LogP contribution in [-0.4, -0.2) is 5.11 Å². The van der Waals surface area contributed by atoms with Gasteiger partial charge in [-0.2, -0.15) is 0 Å². The molecule has 6 aromatic carbocycles. The standard InChI is InChI=1S/C42H39OP.BrH/c1-28-22-30(3)40(31(4)23-28)38-26-37(27-39(42(38)43)41-32(5)24-29(2)25-33(41)6)44(34-16-10-7-11-17-34,35-18-12-8-13-19-35)36-20-14-9-15-21-36;/h7-27H,1-6H3;1H. The Morgan fingerprint density at radius 2 is 0.689 bits per heavy atom. The highest BCUT2D eigenvalue weighted by Gasteiger charge is 2.48. The van der Waals surface area contributed by atoms with Gasteiger partial charge in [0.15, 0.2) is 0 Å². The first-order chi connectivity index (χ1) is 21.2. The number of phenols is 1. The molecule has 226 valence electrons. The van der Waals surface area contributed by atoms with Crippen LogP contribution in [0.3, 0.4) is 0 Å². The third kappa shape index (κ3) is 5.79. The van der Waals surface area contributed by atoms with E-state index < -0.39 is 7.26 Å². The molecule has 0 unspecified atom stereocenters. The number of phenolic OH excluding ortho intramolecular Hbond substituents is 1. The topological polar surface area (TPSA) is 20.2 Å². The maximum atomic E-state index is 12.3. The van der Waals surface area contributed by atoms with E-state index in [-0.39, 0.29) is 17.0 Å². The molecule has 1 nitrogen and oxygen atoms in total. The van der Waals surface area contributed by atoms with E-state index in [2.05, 4.69) is 169 Å². The molecular weight excluding hydrogens is 631 g/mol. The van der Waals surface area contributed by atoms with Gasteiger partial charge in [-0.05, 0) is 123 Å². The van der Waals surface area contributed by atoms with Gasteiger partial charge in [0.2, 0.25) is 0 Å². The highest BCUT2D eigenvalue weighted by molar-refractivity contribution is 8.01. The summed E-state index contributed by atoms with van der Waals surface area (Å²) < 4.78 is 0. The number of rotatable bonds is 6. The van der Waals surface area contributed by atoms with Crippen LogP contribution in [0.1, 0.15) is 33.4 Å². The summed E-state index contributed by atoms with van der Waals surface area (Å²) in [6.45, 7) is 12.9. The van der Waals surface area contributed by atoms with Crippen molar-refractivity contribution in [2.75, 3.05) is 0 Å². The second-order valence-corrected chi connectivity index (χ2v) is 15.5. The van der Waals surface area contributed by atoms with E-state index in [9.17, 15) is 5.11 Å². The SMILES string of the molecule is Cc1cc(C)c(-c2cc([P+](c3ccccc3)(c3ccccc3)c3ccccc3)cc(-c3c(C)cc(C)cc3C)c2O)c(C)c1.[Br-]. The molecule has 0 spiro atoms. The van der Waals surface area contributed by atoms with Crippen LogP contribution < -0.4 is 38.2 Å². The van der Waals surface area contributed by atoms with Gasteiger partial charge in [-0.15, -0.1) is 0 Å². The van der Waals surface area contributed by atoms with E-state index in [1.165, 1.54) is 54.6 Å². The van der Waals surface area contributed by atoms with Crippen LogP contribution in [0.2, 0.25) is 0 Å². The van der Waals surface area contributed by atoms with E-state index >= 15 is 0 Å². The van der Waals surface area contributed by atoms with Gasteiger partial charge in [-0.3, -0.25) is 0 Å². The summed E-state index contributed by atoms with van der Waals surface area (Å²) in [6, 6.07) is 46.4. The monoisotopic (exact) mass is 670 g/mol. The Labute approximate surface area is 279 Å². The van der Waals surface area contributed by atoms with Gasteiger partial charge < -0.3 is 22.1 Å². The number of benzene rings is 6. The fraction of sp³-hybridized carbons (Fsp3) is 0.143. The van der Waals surface area contributed by atoms with E-state index in [4.69, 9.17) is 0 Å². The molecule has 45 heavy (non-hydrogen) atoms. The van der Waals surface area contributed by atoms with Gasteiger partial charge in [0.05, 0.1) is 0 Å². The zero-order chi connectivity index (χ0) is 31.0. The van der Waals surface area contributed by atoms with E-state index in [1.54, 1.807) is 0 Å². The lowest BCUT2D eigenvalue weighted by Gasteiger charge is -2.29. The lowest BCUT2D eigenvalue weighted by molar-refractivity contribution is -0.00000982.